The van der Waals surface area contributed by atoms with E-state index in [-0.39, 0.29) is 24.6 Å². The number of pyridine rings is 1. The molecule has 2 aromatic rings. The van der Waals surface area contributed by atoms with Gasteiger partial charge in [-0.2, -0.15) is 0 Å². The molecule has 21 heavy (non-hydrogen) atoms. The second-order valence-electron chi connectivity index (χ2n) is 4.56. The van der Waals surface area contributed by atoms with E-state index in [0.717, 1.165) is 0 Å². The van der Waals surface area contributed by atoms with E-state index in [1.165, 1.54) is 10.6 Å². The minimum absolute atomic E-state index is 0.0583. The number of nitrogens with one attached hydrogen (secondary N) is 1. The van der Waals surface area contributed by atoms with E-state index >= 15 is 0 Å². The van der Waals surface area contributed by atoms with Crippen LogP contribution in [0.15, 0.2) is 53.5 Å². The highest BCUT2D eigenvalue weighted by atomic mass is 35.5. The van der Waals surface area contributed by atoms with Gasteiger partial charge in [0.1, 0.15) is 0 Å². The zero-order valence-electron chi connectivity index (χ0n) is 11.2. The molecular weight excluding hydrogens is 292 g/mol. The van der Waals surface area contributed by atoms with Gasteiger partial charge < -0.3 is 15.0 Å². The van der Waals surface area contributed by atoms with Crippen LogP contribution >= 0.6 is 11.6 Å². The van der Waals surface area contributed by atoms with Gasteiger partial charge in [0.2, 0.25) is 0 Å². The van der Waals surface area contributed by atoms with Crippen LogP contribution in [-0.4, -0.2) is 28.2 Å². The molecule has 5 nitrogen and oxygen atoms in total. The van der Waals surface area contributed by atoms with Crippen LogP contribution in [0.1, 0.15) is 10.4 Å². The maximum Gasteiger partial charge on any atom is 0.251 e. The van der Waals surface area contributed by atoms with Gasteiger partial charge in [-0.3, -0.25) is 9.59 Å². The van der Waals surface area contributed by atoms with Crippen molar-refractivity contribution < 1.29 is 9.90 Å². The van der Waals surface area contributed by atoms with Gasteiger partial charge >= 0.3 is 0 Å². The summed E-state index contributed by atoms with van der Waals surface area (Å²) in [5.41, 5.74) is 0.268. The number of aliphatic hydroxyl groups is 1. The van der Waals surface area contributed by atoms with Gasteiger partial charge in [0.25, 0.3) is 11.5 Å². The van der Waals surface area contributed by atoms with Gasteiger partial charge in [-0.25, -0.2) is 0 Å². The molecule has 0 aliphatic rings. The summed E-state index contributed by atoms with van der Waals surface area (Å²) in [6.07, 6.45) is 0.744. The molecule has 110 valence electrons. The zero-order chi connectivity index (χ0) is 15.2. The molecule has 0 radical (unpaired) electrons. The summed E-state index contributed by atoms with van der Waals surface area (Å²) in [5, 5.41) is 13.0. The number of amides is 1. The number of halogens is 1. The summed E-state index contributed by atoms with van der Waals surface area (Å²) in [4.78, 5) is 23.3. The summed E-state index contributed by atoms with van der Waals surface area (Å²) < 4.78 is 1.39. The van der Waals surface area contributed by atoms with Gasteiger partial charge in [-0.05, 0) is 30.3 Å². The predicted octanol–water partition coefficient (Wildman–Crippen LogP) is 1.29. The summed E-state index contributed by atoms with van der Waals surface area (Å²) in [6, 6.07) is 11.2. The van der Waals surface area contributed by atoms with Gasteiger partial charge in [-0.1, -0.05) is 17.7 Å². The molecule has 1 aromatic carbocycles. The van der Waals surface area contributed by atoms with Crippen LogP contribution in [0, 0.1) is 0 Å². The molecule has 1 aromatic heterocycles. The molecule has 2 N–H and O–H groups in total. The molecule has 0 saturated heterocycles. The van der Waals surface area contributed by atoms with Gasteiger partial charge in [0.15, 0.2) is 0 Å². The molecule has 0 bridgehead atoms. The third kappa shape index (κ3) is 4.44. The number of rotatable bonds is 5. The Labute approximate surface area is 126 Å². The number of carbonyl (C=O) groups excluding carboxylic acids is 1. The van der Waals surface area contributed by atoms with Crippen molar-refractivity contribution in [2.45, 2.75) is 12.6 Å². The highest BCUT2D eigenvalue weighted by Gasteiger charge is 2.10. The average molecular weight is 307 g/mol. The standard InChI is InChI=1S/C15H15ClN2O3/c16-12-6-4-11(5-7-12)15(21)17-9-13(19)10-18-8-2-1-3-14(18)20/h1-8,13,19H,9-10H2,(H,17,21). The average Bonchev–Trinajstić information content (AvgIpc) is 2.48. The Kier molecular flexibility index (Phi) is 5.14. The van der Waals surface area contributed by atoms with E-state index in [4.69, 9.17) is 11.6 Å². The van der Waals surface area contributed by atoms with E-state index in [1.807, 2.05) is 0 Å². The molecule has 0 aliphatic heterocycles. The Bertz CT molecular complexity index is 667. The third-order valence-electron chi connectivity index (χ3n) is 2.91. The molecule has 6 heteroatoms. The Hall–Kier alpha value is -2.11. The lowest BCUT2D eigenvalue weighted by Gasteiger charge is -2.13. The first-order valence-corrected chi connectivity index (χ1v) is 6.81. The molecule has 1 amide bonds. The van der Waals surface area contributed by atoms with E-state index in [1.54, 1.807) is 42.6 Å². The summed E-state index contributed by atoms with van der Waals surface area (Å²) in [5.74, 6) is -0.300. The van der Waals surface area contributed by atoms with Crippen LogP contribution in [0.5, 0.6) is 0 Å². The zero-order valence-corrected chi connectivity index (χ0v) is 12.0. The Morgan fingerprint density at radius 2 is 1.95 bits per heavy atom. The largest absolute Gasteiger partial charge is 0.389 e. The number of carbonyl (C=O) groups is 1. The van der Waals surface area contributed by atoms with E-state index in [2.05, 4.69) is 5.32 Å². The lowest BCUT2D eigenvalue weighted by atomic mass is 10.2. The van der Waals surface area contributed by atoms with Crippen molar-refractivity contribution in [2.75, 3.05) is 6.54 Å². The van der Waals surface area contributed by atoms with Crippen molar-refractivity contribution in [1.82, 2.24) is 9.88 Å². The van der Waals surface area contributed by atoms with Crippen molar-refractivity contribution in [3.63, 3.8) is 0 Å². The van der Waals surface area contributed by atoms with E-state index in [0.29, 0.717) is 10.6 Å². The maximum atomic E-state index is 11.8. The van der Waals surface area contributed by atoms with Crippen LogP contribution in [-0.2, 0) is 6.54 Å². The van der Waals surface area contributed by atoms with Crippen molar-refractivity contribution >= 4 is 17.5 Å². The minimum Gasteiger partial charge on any atom is -0.389 e. The molecule has 0 aliphatic carbocycles. The van der Waals surface area contributed by atoms with Gasteiger partial charge in [-0.15, -0.1) is 0 Å². The summed E-state index contributed by atoms with van der Waals surface area (Å²) >= 11 is 5.74. The molecule has 2 rings (SSSR count). The normalized spacial score (nSPS) is 11.9. The van der Waals surface area contributed by atoms with Crippen LogP contribution in [0.25, 0.3) is 0 Å². The maximum absolute atomic E-state index is 11.8. The summed E-state index contributed by atoms with van der Waals surface area (Å²) in [7, 11) is 0. The first-order chi connectivity index (χ1) is 10.1. The number of hydrogen-bond acceptors (Lipinski definition) is 3. The molecule has 0 fully saturated rings. The highest BCUT2D eigenvalue weighted by Crippen LogP contribution is 2.09. The SMILES string of the molecule is O=C(NCC(O)Cn1ccccc1=O)c1ccc(Cl)cc1. The van der Waals surface area contributed by atoms with Crippen molar-refractivity contribution in [2.24, 2.45) is 0 Å². The van der Waals surface area contributed by atoms with Crippen LogP contribution < -0.4 is 10.9 Å². The fourth-order valence-corrected chi connectivity index (χ4v) is 1.94. The van der Waals surface area contributed by atoms with Crippen molar-refractivity contribution in [1.29, 1.82) is 0 Å². The number of hydrogen-bond donors (Lipinski definition) is 2. The number of aliphatic hydroxyl groups excluding tert-OH is 1. The second-order valence-corrected chi connectivity index (χ2v) is 5.00. The molecule has 1 heterocycles. The highest BCUT2D eigenvalue weighted by molar-refractivity contribution is 6.30. The van der Waals surface area contributed by atoms with Crippen LogP contribution in [0.2, 0.25) is 5.02 Å². The van der Waals surface area contributed by atoms with Crippen LogP contribution in [0.3, 0.4) is 0 Å². The number of nitrogens with zero attached hydrogens (tertiary/aromatic N) is 1. The number of benzene rings is 1. The number of aromatic nitrogens is 1. The predicted molar refractivity (Wildman–Crippen MR) is 80.5 cm³/mol. The van der Waals surface area contributed by atoms with Gasteiger partial charge in [0.05, 0.1) is 12.6 Å². The lowest BCUT2D eigenvalue weighted by Crippen LogP contribution is -2.36. The van der Waals surface area contributed by atoms with E-state index < -0.39 is 6.10 Å². The molecule has 1 atom stereocenters. The molecule has 1 unspecified atom stereocenters. The minimum atomic E-state index is -0.846. The molecule has 0 spiro atoms. The fraction of sp³-hybridized carbons (Fsp3) is 0.200. The smallest absolute Gasteiger partial charge is 0.251 e. The molecule has 0 saturated carbocycles. The van der Waals surface area contributed by atoms with Crippen molar-refractivity contribution in [3.05, 3.63) is 69.6 Å². The Morgan fingerprint density at radius 1 is 1.24 bits per heavy atom. The van der Waals surface area contributed by atoms with Crippen LogP contribution in [0.4, 0.5) is 0 Å². The first-order valence-electron chi connectivity index (χ1n) is 6.43. The van der Waals surface area contributed by atoms with E-state index in [9.17, 15) is 14.7 Å². The summed E-state index contributed by atoms with van der Waals surface area (Å²) in [6.45, 7) is 0.184. The Balaban J connectivity index is 1.88. The topological polar surface area (TPSA) is 71.3 Å². The first kappa shape index (κ1) is 15.3. The lowest BCUT2D eigenvalue weighted by molar-refractivity contribution is 0.0903. The van der Waals surface area contributed by atoms with Gasteiger partial charge in [0, 0.05) is 29.4 Å². The second kappa shape index (κ2) is 7.06. The third-order valence-corrected chi connectivity index (χ3v) is 3.16. The quantitative estimate of drug-likeness (QED) is 0.874. The van der Waals surface area contributed by atoms with Crippen molar-refractivity contribution in [3.8, 4) is 0 Å². The Morgan fingerprint density at radius 3 is 2.62 bits per heavy atom. The molecular formula is C15H15ClN2O3. The monoisotopic (exact) mass is 306 g/mol. The fourth-order valence-electron chi connectivity index (χ4n) is 1.82.